The third kappa shape index (κ3) is 8.80. The molecule has 8 nitrogen and oxygen atoms in total. The standard InChI is InChI=1S/C40H57N3O5/c1-26(2)27-15-17-29-30-18-16-28(37(3,4)5)25-32(30)40(31(29)24-27)19-22-43(23-20-40)34(44)33(42-36(46)48-39(9,10)11)14-12-13-21-41-35(45)47-38(6,7)8/h15-18,24-25,33H,1,12-14,19-23H2,2-11H3,(H,41,45)(H,42,46). The SMILES string of the molecule is C=C(C)c1ccc2c(c1)C1(CCN(C(=O)C(CCCCNC(=O)OC(C)(C)C)NC(=O)OC(C)(C)C)CC1)c1cc(C(C)(C)C)ccc1-2. The summed E-state index contributed by atoms with van der Waals surface area (Å²) in [4.78, 5) is 40.9. The normalized spacial score (nSPS) is 16.1. The number of rotatable bonds is 8. The summed E-state index contributed by atoms with van der Waals surface area (Å²) < 4.78 is 10.9. The van der Waals surface area contributed by atoms with E-state index in [2.05, 4.69) is 74.4 Å². The molecule has 48 heavy (non-hydrogen) atoms. The van der Waals surface area contributed by atoms with Gasteiger partial charge in [-0.15, -0.1) is 0 Å². The van der Waals surface area contributed by atoms with Crippen molar-refractivity contribution in [3.8, 4) is 11.1 Å². The van der Waals surface area contributed by atoms with Crippen LogP contribution in [0.15, 0.2) is 43.0 Å². The maximum Gasteiger partial charge on any atom is 0.408 e. The van der Waals surface area contributed by atoms with Gasteiger partial charge in [0.05, 0.1) is 0 Å². The molecule has 1 atom stereocenters. The molecule has 8 heteroatoms. The van der Waals surface area contributed by atoms with Crippen LogP contribution in [0, 0.1) is 0 Å². The molecule has 1 fully saturated rings. The van der Waals surface area contributed by atoms with E-state index in [0.29, 0.717) is 38.9 Å². The summed E-state index contributed by atoms with van der Waals surface area (Å²) in [6, 6.07) is 12.9. The smallest absolute Gasteiger partial charge is 0.408 e. The van der Waals surface area contributed by atoms with Crippen molar-refractivity contribution < 1.29 is 23.9 Å². The zero-order valence-corrected chi connectivity index (χ0v) is 30.9. The van der Waals surface area contributed by atoms with Crippen LogP contribution in [0.1, 0.15) is 124 Å². The average molecular weight is 660 g/mol. The molecule has 0 saturated carbocycles. The minimum Gasteiger partial charge on any atom is -0.444 e. The van der Waals surface area contributed by atoms with Crippen molar-refractivity contribution in [3.63, 3.8) is 0 Å². The summed E-state index contributed by atoms with van der Waals surface area (Å²) in [5, 5.41) is 5.64. The quantitative estimate of drug-likeness (QED) is 0.277. The van der Waals surface area contributed by atoms with E-state index in [1.165, 1.54) is 27.8 Å². The molecule has 1 heterocycles. The van der Waals surface area contributed by atoms with Gasteiger partial charge in [0.15, 0.2) is 0 Å². The van der Waals surface area contributed by atoms with Gasteiger partial charge in [0.2, 0.25) is 5.91 Å². The Balaban J connectivity index is 1.53. The van der Waals surface area contributed by atoms with Gasteiger partial charge in [0.25, 0.3) is 0 Å². The molecule has 1 aliphatic carbocycles. The summed E-state index contributed by atoms with van der Waals surface area (Å²) in [6.45, 7) is 25.4. The Morgan fingerprint density at radius 3 is 1.96 bits per heavy atom. The molecule has 3 amide bonds. The molecule has 0 bridgehead atoms. The average Bonchev–Trinajstić information content (AvgIpc) is 3.22. The number of hydrogen-bond acceptors (Lipinski definition) is 5. The number of allylic oxidation sites excluding steroid dienone is 1. The van der Waals surface area contributed by atoms with Gasteiger partial charge in [0.1, 0.15) is 17.2 Å². The number of likely N-dealkylation sites (tertiary alicyclic amines) is 1. The molecule has 2 N–H and O–H groups in total. The Bertz CT molecular complexity index is 1530. The summed E-state index contributed by atoms with van der Waals surface area (Å²) in [7, 11) is 0. The maximum atomic E-state index is 14.1. The molecule has 4 rings (SSSR count). The van der Waals surface area contributed by atoms with Crippen molar-refractivity contribution in [1.29, 1.82) is 0 Å². The van der Waals surface area contributed by atoms with Crippen LogP contribution in [0.2, 0.25) is 0 Å². The number of nitrogens with one attached hydrogen (secondary N) is 2. The molecule has 1 aliphatic heterocycles. The molecule has 0 radical (unpaired) electrons. The zero-order valence-electron chi connectivity index (χ0n) is 30.9. The van der Waals surface area contributed by atoms with E-state index < -0.39 is 29.4 Å². The first-order valence-electron chi connectivity index (χ1n) is 17.4. The number of alkyl carbamates (subject to hydrolysis) is 2. The van der Waals surface area contributed by atoms with Crippen molar-refractivity contribution in [2.45, 2.75) is 129 Å². The number of ether oxygens (including phenoxy) is 2. The number of amides is 3. The van der Waals surface area contributed by atoms with Crippen molar-refractivity contribution in [2.75, 3.05) is 19.6 Å². The highest BCUT2D eigenvalue weighted by molar-refractivity contribution is 5.87. The van der Waals surface area contributed by atoms with Gasteiger partial charge in [-0.1, -0.05) is 63.3 Å². The van der Waals surface area contributed by atoms with E-state index in [9.17, 15) is 14.4 Å². The summed E-state index contributed by atoms with van der Waals surface area (Å²) in [5.41, 5.74) is 7.20. The number of benzene rings is 2. The minimum absolute atomic E-state index is 0.00744. The van der Waals surface area contributed by atoms with E-state index in [1.807, 2.05) is 32.6 Å². The van der Waals surface area contributed by atoms with Crippen LogP contribution < -0.4 is 10.6 Å². The molecular formula is C40H57N3O5. The maximum absolute atomic E-state index is 14.1. The molecule has 2 aliphatic rings. The Hall–Kier alpha value is -3.81. The second-order valence-electron chi connectivity index (χ2n) is 16.6. The van der Waals surface area contributed by atoms with E-state index in [4.69, 9.17) is 9.47 Å². The van der Waals surface area contributed by atoms with Crippen molar-refractivity contribution in [2.24, 2.45) is 0 Å². The number of carbonyl (C=O) groups excluding carboxylic acids is 3. The predicted octanol–water partition coefficient (Wildman–Crippen LogP) is 8.49. The Morgan fingerprint density at radius 1 is 0.833 bits per heavy atom. The highest BCUT2D eigenvalue weighted by atomic mass is 16.6. The Labute approximate surface area is 288 Å². The van der Waals surface area contributed by atoms with Gasteiger partial charge < -0.3 is 25.0 Å². The summed E-state index contributed by atoms with van der Waals surface area (Å²) >= 11 is 0. The van der Waals surface area contributed by atoms with E-state index in [0.717, 1.165) is 24.0 Å². The zero-order chi connectivity index (χ0) is 35.7. The lowest BCUT2D eigenvalue weighted by Gasteiger charge is -2.42. The third-order valence-electron chi connectivity index (χ3n) is 9.22. The molecule has 2 aromatic rings. The van der Waals surface area contributed by atoms with Gasteiger partial charge in [0, 0.05) is 25.0 Å². The molecule has 1 saturated heterocycles. The first-order valence-corrected chi connectivity index (χ1v) is 17.4. The topological polar surface area (TPSA) is 97.0 Å². The van der Waals surface area contributed by atoms with Crippen LogP contribution in [0.3, 0.4) is 0 Å². The van der Waals surface area contributed by atoms with Crippen LogP contribution in [0.25, 0.3) is 16.7 Å². The monoisotopic (exact) mass is 659 g/mol. The number of carbonyl (C=O) groups is 3. The molecule has 2 aromatic carbocycles. The van der Waals surface area contributed by atoms with Crippen molar-refractivity contribution in [3.05, 3.63) is 65.2 Å². The fourth-order valence-corrected chi connectivity index (χ4v) is 6.78. The number of nitrogens with zero attached hydrogens (tertiary/aromatic N) is 1. The largest absolute Gasteiger partial charge is 0.444 e. The molecule has 1 unspecified atom stereocenters. The van der Waals surface area contributed by atoms with Crippen LogP contribution in [-0.2, 0) is 25.1 Å². The lowest BCUT2D eigenvalue weighted by Crippen LogP contribution is -2.53. The van der Waals surface area contributed by atoms with E-state index in [1.54, 1.807) is 20.8 Å². The number of hydrogen-bond donors (Lipinski definition) is 2. The highest BCUT2D eigenvalue weighted by Gasteiger charge is 2.47. The van der Waals surface area contributed by atoms with Gasteiger partial charge >= 0.3 is 12.2 Å². The Kier molecular flexibility index (Phi) is 10.8. The Morgan fingerprint density at radius 2 is 1.40 bits per heavy atom. The molecular weight excluding hydrogens is 602 g/mol. The lowest BCUT2D eigenvalue weighted by molar-refractivity contribution is -0.135. The van der Waals surface area contributed by atoms with Crippen molar-refractivity contribution >= 4 is 23.7 Å². The number of piperidine rings is 1. The van der Waals surface area contributed by atoms with E-state index in [-0.39, 0.29) is 16.7 Å². The van der Waals surface area contributed by atoms with Crippen LogP contribution in [0.5, 0.6) is 0 Å². The fraction of sp³-hybridized carbons (Fsp3) is 0.575. The first kappa shape index (κ1) is 37.0. The first-order chi connectivity index (χ1) is 22.2. The van der Waals surface area contributed by atoms with E-state index >= 15 is 0 Å². The molecule has 262 valence electrons. The minimum atomic E-state index is -0.735. The number of unbranched alkanes of at least 4 members (excludes halogenated alkanes) is 1. The molecule has 1 spiro atoms. The molecule has 0 aromatic heterocycles. The summed E-state index contributed by atoms with van der Waals surface area (Å²) in [6.07, 6.45) is 2.18. The van der Waals surface area contributed by atoms with Crippen LogP contribution >= 0.6 is 0 Å². The van der Waals surface area contributed by atoms with Gasteiger partial charge in [-0.3, -0.25) is 4.79 Å². The second kappa shape index (κ2) is 14.0. The summed E-state index contributed by atoms with van der Waals surface area (Å²) in [5.74, 6) is -0.103. The van der Waals surface area contributed by atoms with Gasteiger partial charge in [-0.2, -0.15) is 0 Å². The van der Waals surface area contributed by atoms with Crippen LogP contribution in [0.4, 0.5) is 9.59 Å². The second-order valence-corrected chi connectivity index (χ2v) is 16.6. The van der Waals surface area contributed by atoms with Gasteiger partial charge in [-0.25, -0.2) is 9.59 Å². The highest BCUT2D eigenvalue weighted by Crippen LogP contribution is 2.55. The lowest BCUT2D eigenvalue weighted by atomic mass is 9.69. The van der Waals surface area contributed by atoms with Crippen LogP contribution in [-0.4, -0.2) is 59.9 Å². The predicted molar refractivity (Wildman–Crippen MR) is 193 cm³/mol. The third-order valence-corrected chi connectivity index (χ3v) is 9.22. The van der Waals surface area contributed by atoms with Gasteiger partial charge in [-0.05, 0) is 125 Å². The number of fused-ring (bicyclic) bond motifs is 5. The fourth-order valence-electron chi connectivity index (χ4n) is 6.78. The van der Waals surface area contributed by atoms with Crippen molar-refractivity contribution in [1.82, 2.24) is 15.5 Å².